The monoisotopic (exact) mass is 390 g/mol. The Morgan fingerprint density at radius 1 is 1.25 bits per heavy atom. The summed E-state index contributed by atoms with van der Waals surface area (Å²) in [5.41, 5.74) is 0.617. The predicted octanol–water partition coefficient (Wildman–Crippen LogP) is 3.57. The van der Waals surface area contributed by atoms with Gasteiger partial charge in [-0.2, -0.15) is 0 Å². The van der Waals surface area contributed by atoms with E-state index in [1.165, 1.54) is 5.56 Å². The summed E-state index contributed by atoms with van der Waals surface area (Å²) in [6.07, 6.45) is 0.329. The molecule has 1 N–H and O–H groups in total. The Morgan fingerprint density at radius 3 is 2.54 bits per heavy atom. The fourth-order valence-corrected chi connectivity index (χ4v) is 3.44. The standard InChI is InChI=1S/C22H34N2O4/c1-6-27-15-20(25)18-14-24(21(26)28-22(3,4)5)13-12-19(18)23-16(2)17-10-8-7-9-11-17/h7-11,16,18-19,23H,6,12-15H2,1-5H3. The van der Waals surface area contributed by atoms with Crippen LogP contribution in [0.5, 0.6) is 0 Å². The number of piperidine rings is 1. The summed E-state index contributed by atoms with van der Waals surface area (Å²) in [5.74, 6) is -0.299. The van der Waals surface area contributed by atoms with Gasteiger partial charge in [-0.15, -0.1) is 0 Å². The van der Waals surface area contributed by atoms with Gasteiger partial charge in [0.1, 0.15) is 12.2 Å². The van der Waals surface area contributed by atoms with Crippen LogP contribution >= 0.6 is 0 Å². The summed E-state index contributed by atoms with van der Waals surface area (Å²) < 4.78 is 10.8. The summed E-state index contributed by atoms with van der Waals surface area (Å²) in [6.45, 7) is 11.0. The largest absolute Gasteiger partial charge is 0.444 e. The predicted molar refractivity (Wildman–Crippen MR) is 109 cm³/mol. The Kier molecular flexibility index (Phi) is 8.01. The molecule has 6 nitrogen and oxygen atoms in total. The Labute approximate surface area is 168 Å². The summed E-state index contributed by atoms with van der Waals surface area (Å²) in [4.78, 5) is 26.9. The van der Waals surface area contributed by atoms with Gasteiger partial charge in [-0.3, -0.25) is 4.79 Å². The fourth-order valence-electron chi connectivity index (χ4n) is 3.44. The first kappa shape index (κ1) is 22.4. The molecule has 0 aliphatic carbocycles. The SMILES string of the molecule is CCOCC(=O)C1CN(C(=O)OC(C)(C)C)CCC1NC(C)c1ccccc1. The van der Waals surface area contributed by atoms with Crippen LogP contribution in [0.2, 0.25) is 0 Å². The van der Waals surface area contributed by atoms with Crippen molar-refractivity contribution < 1.29 is 19.1 Å². The number of likely N-dealkylation sites (tertiary alicyclic amines) is 1. The molecule has 1 heterocycles. The highest BCUT2D eigenvalue weighted by Gasteiger charge is 2.37. The van der Waals surface area contributed by atoms with Crippen LogP contribution in [0.25, 0.3) is 0 Å². The van der Waals surface area contributed by atoms with Crippen LogP contribution in [0, 0.1) is 5.92 Å². The maximum Gasteiger partial charge on any atom is 0.410 e. The molecule has 0 spiro atoms. The number of ketones is 1. The molecule has 0 bridgehead atoms. The summed E-state index contributed by atoms with van der Waals surface area (Å²) in [7, 11) is 0. The molecule has 1 saturated heterocycles. The molecule has 2 rings (SSSR count). The van der Waals surface area contributed by atoms with Gasteiger partial charge in [0.25, 0.3) is 0 Å². The molecule has 28 heavy (non-hydrogen) atoms. The van der Waals surface area contributed by atoms with Gasteiger partial charge in [0, 0.05) is 31.8 Å². The fraction of sp³-hybridized carbons (Fsp3) is 0.636. The lowest BCUT2D eigenvalue weighted by Crippen LogP contribution is -2.55. The van der Waals surface area contributed by atoms with Crippen molar-refractivity contribution in [1.82, 2.24) is 10.2 Å². The van der Waals surface area contributed by atoms with Gasteiger partial charge in [-0.25, -0.2) is 4.79 Å². The zero-order valence-corrected chi connectivity index (χ0v) is 17.7. The molecule has 0 radical (unpaired) electrons. The van der Waals surface area contributed by atoms with E-state index in [0.717, 1.165) is 0 Å². The molecule has 1 amide bonds. The molecule has 0 saturated carbocycles. The van der Waals surface area contributed by atoms with E-state index in [-0.39, 0.29) is 36.5 Å². The van der Waals surface area contributed by atoms with Crippen molar-refractivity contribution >= 4 is 11.9 Å². The smallest absolute Gasteiger partial charge is 0.410 e. The van der Waals surface area contributed by atoms with Crippen molar-refractivity contribution in [2.24, 2.45) is 5.92 Å². The maximum absolute atomic E-state index is 12.8. The van der Waals surface area contributed by atoms with Gasteiger partial charge in [0.2, 0.25) is 0 Å². The minimum absolute atomic E-state index is 0.0122. The molecule has 1 fully saturated rings. The lowest BCUT2D eigenvalue weighted by atomic mass is 9.87. The summed E-state index contributed by atoms with van der Waals surface area (Å²) >= 11 is 0. The van der Waals surface area contributed by atoms with Crippen molar-refractivity contribution in [3.05, 3.63) is 35.9 Å². The number of ether oxygens (including phenoxy) is 2. The lowest BCUT2D eigenvalue weighted by Gasteiger charge is -2.39. The molecule has 1 aromatic rings. The van der Waals surface area contributed by atoms with Gasteiger partial charge >= 0.3 is 6.09 Å². The van der Waals surface area contributed by atoms with Crippen molar-refractivity contribution in [3.8, 4) is 0 Å². The molecule has 1 aliphatic heterocycles. The van der Waals surface area contributed by atoms with E-state index < -0.39 is 5.60 Å². The van der Waals surface area contributed by atoms with Crippen molar-refractivity contribution in [3.63, 3.8) is 0 Å². The van der Waals surface area contributed by atoms with Crippen LogP contribution < -0.4 is 5.32 Å². The number of benzene rings is 1. The summed E-state index contributed by atoms with van der Waals surface area (Å²) in [6, 6.07) is 10.3. The lowest BCUT2D eigenvalue weighted by molar-refractivity contribution is -0.130. The highest BCUT2D eigenvalue weighted by Crippen LogP contribution is 2.24. The Hall–Kier alpha value is -1.92. The van der Waals surface area contributed by atoms with E-state index in [1.807, 2.05) is 45.9 Å². The molecular formula is C22H34N2O4. The average molecular weight is 391 g/mol. The van der Waals surface area contributed by atoms with Gasteiger partial charge in [-0.05, 0) is 46.6 Å². The van der Waals surface area contributed by atoms with Crippen LogP contribution in [0.1, 0.15) is 52.6 Å². The minimum Gasteiger partial charge on any atom is -0.444 e. The molecule has 3 atom stereocenters. The third kappa shape index (κ3) is 6.60. The topological polar surface area (TPSA) is 67.9 Å². The van der Waals surface area contributed by atoms with Gasteiger partial charge in [0.15, 0.2) is 5.78 Å². The normalized spacial score (nSPS) is 21.2. The van der Waals surface area contributed by atoms with Crippen LogP contribution in [0.4, 0.5) is 4.79 Å². The van der Waals surface area contributed by atoms with E-state index >= 15 is 0 Å². The van der Waals surface area contributed by atoms with Crippen molar-refractivity contribution in [2.75, 3.05) is 26.3 Å². The first-order valence-corrected chi connectivity index (χ1v) is 10.1. The third-order valence-corrected chi connectivity index (χ3v) is 4.89. The van der Waals surface area contributed by atoms with Gasteiger partial charge in [0.05, 0.1) is 5.92 Å². The zero-order chi connectivity index (χ0) is 20.7. The van der Waals surface area contributed by atoms with Gasteiger partial charge in [-0.1, -0.05) is 30.3 Å². The maximum atomic E-state index is 12.8. The molecule has 156 valence electrons. The Balaban J connectivity index is 2.09. The van der Waals surface area contributed by atoms with E-state index in [2.05, 4.69) is 24.4 Å². The number of hydrogen-bond acceptors (Lipinski definition) is 5. The molecular weight excluding hydrogens is 356 g/mol. The third-order valence-electron chi connectivity index (χ3n) is 4.89. The molecule has 0 aromatic heterocycles. The first-order chi connectivity index (χ1) is 13.2. The Morgan fingerprint density at radius 2 is 1.93 bits per heavy atom. The van der Waals surface area contributed by atoms with E-state index in [1.54, 1.807) is 4.90 Å². The highest BCUT2D eigenvalue weighted by atomic mass is 16.6. The number of nitrogens with zero attached hydrogens (tertiary/aromatic N) is 1. The second kappa shape index (κ2) is 10.0. The number of amides is 1. The zero-order valence-electron chi connectivity index (χ0n) is 17.7. The quantitative estimate of drug-likeness (QED) is 0.771. The molecule has 6 heteroatoms. The van der Waals surface area contributed by atoms with Crippen molar-refractivity contribution in [1.29, 1.82) is 0 Å². The minimum atomic E-state index is -0.557. The van der Waals surface area contributed by atoms with Gasteiger partial charge < -0.3 is 19.7 Å². The number of carbonyl (C=O) groups is 2. The number of nitrogens with one attached hydrogen (secondary N) is 1. The second-order valence-corrected chi connectivity index (χ2v) is 8.33. The molecule has 3 unspecified atom stereocenters. The van der Waals surface area contributed by atoms with Crippen LogP contribution in [-0.4, -0.2) is 54.7 Å². The molecule has 1 aliphatic rings. The van der Waals surface area contributed by atoms with E-state index in [4.69, 9.17) is 9.47 Å². The van der Waals surface area contributed by atoms with Crippen LogP contribution in [0.15, 0.2) is 30.3 Å². The van der Waals surface area contributed by atoms with Crippen LogP contribution in [-0.2, 0) is 14.3 Å². The van der Waals surface area contributed by atoms with E-state index in [0.29, 0.717) is 26.1 Å². The number of rotatable bonds is 7. The molecule has 1 aromatic carbocycles. The van der Waals surface area contributed by atoms with Crippen molar-refractivity contribution in [2.45, 2.75) is 58.7 Å². The highest BCUT2D eigenvalue weighted by molar-refractivity contribution is 5.84. The first-order valence-electron chi connectivity index (χ1n) is 10.1. The Bertz CT molecular complexity index is 642. The van der Waals surface area contributed by atoms with E-state index in [9.17, 15) is 9.59 Å². The van der Waals surface area contributed by atoms with Crippen LogP contribution in [0.3, 0.4) is 0 Å². The number of carbonyl (C=O) groups excluding carboxylic acids is 2. The second-order valence-electron chi connectivity index (χ2n) is 8.33. The summed E-state index contributed by atoms with van der Waals surface area (Å²) in [5, 5.41) is 3.60. The number of Topliss-reactive ketones (excluding diaryl/α,β-unsaturated/α-hetero) is 1. The number of hydrogen-bond donors (Lipinski definition) is 1. The average Bonchev–Trinajstić information content (AvgIpc) is 2.65.